The third kappa shape index (κ3) is 3.92. The molecule has 3 aromatic rings. The van der Waals surface area contributed by atoms with E-state index in [2.05, 4.69) is 4.98 Å². The molecule has 4 rings (SSSR count). The number of hydrogen-bond donors (Lipinski definition) is 0. The standard InChI is InChI=1S/C22H21FN2O2/c23-18-8-6-16(7-9-18)20(14-19-4-1-2-11-24-19)22(26)25-12-10-17(15-25)21-5-3-13-27-21/h1-9,11,13,17,20H,10,12,14-15H2. The summed E-state index contributed by atoms with van der Waals surface area (Å²) in [7, 11) is 0. The fourth-order valence-corrected chi connectivity index (χ4v) is 3.71. The zero-order valence-corrected chi connectivity index (χ0v) is 14.9. The largest absolute Gasteiger partial charge is 0.469 e. The number of halogens is 1. The van der Waals surface area contributed by atoms with Gasteiger partial charge < -0.3 is 9.32 Å². The fourth-order valence-electron chi connectivity index (χ4n) is 3.71. The highest BCUT2D eigenvalue weighted by Crippen LogP contribution is 2.31. The first kappa shape index (κ1) is 17.5. The van der Waals surface area contributed by atoms with Gasteiger partial charge in [-0.15, -0.1) is 0 Å². The van der Waals surface area contributed by atoms with Crippen LogP contribution in [0.15, 0.2) is 71.5 Å². The summed E-state index contributed by atoms with van der Waals surface area (Å²) < 4.78 is 18.9. The number of carbonyl (C=O) groups excluding carboxylic acids is 1. The van der Waals surface area contributed by atoms with Crippen LogP contribution in [0.4, 0.5) is 4.39 Å². The van der Waals surface area contributed by atoms with Gasteiger partial charge in [0.05, 0.1) is 12.2 Å². The first-order chi connectivity index (χ1) is 13.2. The van der Waals surface area contributed by atoms with Crippen LogP contribution in [0, 0.1) is 5.82 Å². The predicted molar refractivity (Wildman–Crippen MR) is 99.7 cm³/mol. The molecule has 0 radical (unpaired) electrons. The molecule has 0 spiro atoms. The minimum Gasteiger partial charge on any atom is -0.469 e. The third-order valence-electron chi connectivity index (χ3n) is 5.16. The Balaban J connectivity index is 1.56. The molecule has 1 aliphatic rings. The molecule has 1 amide bonds. The first-order valence-corrected chi connectivity index (χ1v) is 9.18. The summed E-state index contributed by atoms with van der Waals surface area (Å²) in [6.07, 6.45) is 4.78. The SMILES string of the molecule is O=C(C(Cc1ccccn1)c1ccc(F)cc1)N1CCC(c2ccco2)C1. The van der Waals surface area contributed by atoms with Crippen LogP contribution in [0.2, 0.25) is 0 Å². The van der Waals surface area contributed by atoms with Gasteiger partial charge in [0.25, 0.3) is 0 Å². The van der Waals surface area contributed by atoms with Crippen molar-refractivity contribution in [3.05, 3.63) is 89.9 Å². The van der Waals surface area contributed by atoms with E-state index >= 15 is 0 Å². The molecule has 5 heteroatoms. The van der Waals surface area contributed by atoms with Crippen molar-refractivity contribution in [3.8, 4) is 0 Å². The highest BCUT2D eigenvalue weighted by atomic mass is 19.1. The van der Waals surface area contributed by atoms with E-state index in [0.717, 1.165) is 23.4 Å². The van der Waals surface area contributed by atoms with Crippen molar-refractivity contribution in [2.24, 2.45) is 0 Å². The van der Waals surface area contributed by atoms with Gasteiger partial charge >= 0.3 is 0 Å². The van der Waals surface area contributed by atoms with E-state index < -0.39 is 0 Å². The van der Waals surface area contributed by atoms with Crippen molar-refractivity contribution in [1.82, 2.24) is 9.88 Å². The number of carbonyl (C=O) groups is 1. The maximum absolute atomic E-state index is 13.4. The molecule has 27 heavy (non-hydrogen) atoms. The Morgan fingerprint density at radius 2 is 2.04 bits per heavy atom. The number of furan rings is 1. The molecule has 0 N–H and O–H groups in total. The average molecular weight is 364 g/mol. The molecular formula is C22H21FN2O2. The van der Waals surface area contributed by atoms with Crippen LogP contribution in [-0.4, -0.2) is 28.9 Å². The highest BCUT2D eigenvalue weighted by Gasteiger charge is 2.33. The van der Waals surface area contributed by atoms with Gasteiger partial charge in [0, 0.05) is 37.3 Å². The van der Waals surface area contributed by atoms with E-state index in [-0.39, 0.29) is 23.6 Å². The van der Waals surface area contributed by atoms with Gasteiger partial charge in [0.2, 0.25) is 5.91 Å². The van der Waals surface area contributed by atoms with Crippen molar-refractivity contribution in [2.75, 3.05) is 13.1 Å². The van der Waals surface area contributed by atoms with Crippen molar-refractivity contribution in [1.29, 1.82) is 0 Å². The molecule has 2 aromatic heterocycles. The molecule has 2 atom stereocenters. The second-order valence-corrected chi connectivity index (χ2v) is 6.91. The smallest absolute Gasteiger partial charge is 0.230 e. The molecule has 1 fully saturated rings. The molecule has 0 aliphatic carbocycles. The number of rotatable bonds is 5. The van der Waals surface area contributed by atoms with E-state index in [4.69, 9.17) is 4.42 Å². The summed E-state index contributed by atoms with van der Waals surface area (Å²) in [5, 5.41) is 0. The minimum absolute atomic E-state index is 0.0568. The molecule has 0 bridgehead atoms. The van der Waals surface area contributed by atoms with Gasteiger partial charge in [-0.25, -0.2) is 4.39 Å². The summed E-state index contributed by atoms with van der Waals surface area (Å²) >= 11 is 0. The quantitative estimate of drug-likeness (QED) is 0.683. The highest BCUT2D eigenvalue weighted by molar-refractivity contribution is 5.84. The van der Waals surface area contributed by atoms with Crippen molar-refractivity contribution < 1.29 is 13.6 Å². The Bertz CT molecular complexity index is 878. The maximum atomic E-state index is 13.4. The van der Waals surface area contributed by atoms with E-state index in [1.54, 1.807) is 24.6 Å². The van der Waals surface area contributed by atoms with Crippen molar-refractivity contribution >= 4 is 5.91 Å². The van der Waals surface area contributed by atoms with Crippen LogP contribution in [0.25, 0.3) is 0 Å². The van der Waals surface area contributed by atoms with Crippen LogP contribution >= 0.6 is 0 Å². The first-order valence-electron chi connectivity index (χ1n) is 9.18. The molecule has 3 heterocycles. The van der Waals surface area contributed by atoms with Crippen LogP contribution in [0.3, 0.4) is 0 Å². The Morgan fingerprint density at radius 1 is 1.19 bits per heavy atom. The van der Waals surface area contributed by atoms with Gasteiger partial charge in [-0.2, -0.15) is 0 Å². The average Bonchev–Trinajstić information content (AvgIpc) is 3.39. The number of aromatic nitrogens is 1. The second kappa shape index (κ2) is 7.74. The van der Waals surface area contributed by atoms with Crippen LogP contribution in [0.5, 0.6) is 0 Å². The van der Waals surface area contributed by atoms with Gasteiger partial charge in [0.15, 0.2) is 0 Å². The summed E-state index contributed by atoms with van der Waals surface area (Å²) in [5.74, 6) is 0.528. The predicted octanol–water partition coefficient (Wildman–Crippen LogP) is 4.16. The Labute approximate surface area is 157 Å². The topological polar surface area (TPSA) is 46.3 Å². The number of likely N-dealkylation sites (tertiary alicyclic amines) is 1. The van der Waals surface area contributed by atoms with Gasteiger partial charge in [-0.1, -0.05) is 18.2 Å². The second-order valence-electron chi connectivity index (χ2n) is 6.91. The molecule has 1 aliphatic heterocycles. The molecule has 4 nitrogen and oxygen atoms in total. The lowest BCUT2D eigenvalue weighted by Crippen LogP contribution is -2.34. The molecule has 138 valence electrons. The fraction of sp³-hybridized carbons (Fsp3) is 0.273. The number of nitrogens with zero attached hydrogens (tertiary/aromatic N) is 2. The summed E-state index contributed by atoms with van der Waals surface area (Å²) in [6.45, 7) is 1.34. The summed E-state index contributed by atoms with van der Waals surface area (Å²) in [4.78, 5) is 19.6. The molecule has 1 saturated heterocycles. The van der Waals surface area contributed by atoms with E-state index in [1.165, 1.54) is 12.1 Å². The van der Waals surface area contributed by atoms with Crippen LogP contribution < -0.4 is 0 Å². The van der Waals surface area contributed by atoms with E-state index in [9.17, 15) is 9.18 Å². The normalized spacial score (nSPS) is 17.8. The maximum Gasteiger partial charge on any atom is 0.230 e. The van der Waals surface area contributed by atoms with Gasteiger partial charge in [0.1, 0.15) is 11.6 Å². The molecule has 1 aromatic carbocycles. The van der Waals surface area contributed by atoms with E-state index in [1.807, 2.05) is 35.2 Å². The Morgan fingerprint density at radius 3 is 2.74 bits per heavy atom. The lowest BCUT2D eigenvalue weighted by molar-refractivity contribution is -0.131. The number of hydrogen-bond acceptors (Lipinski definition) is 3. The number of amides is 1. The lowest BCUT2D eigenvalue weighted by atomic mass is 9.92. The molecule has 2 unspecified atom stereocenters. The lowest BCUT2D eigenvalue weighted by Gasteiger charge is -2.24. The monoisotopic (exact) mass is 364 g/mol. The van der Waals surface area contributed by atoms with Gasteiger partial charge in [-0.3, -0.25) is 9.78 Å². The van der Waals surface area contributed by atoms with Crippen LogP contribution in [-0.2, 0) is 11.2 Å². The van der Waals surface area contributed by atoms with E-state index in [0.29, 0.717) is 19.5 Å². The third-order valence-corrected chi connectivity index (χ3v) is 5.16. The van der Waals surface area contributed by atoms with Crippen LogP contribution in [0.1, 0.15) is 35.3 Å². The summed E-state index contributed by atoms with van der Waals surface area (Å²) in [5.41, 5.74) is 1.66. The minimum atomic E-state index is -0.379. The zero-order valence-electron chi connectivity index (χ0n) is 14.9. The van der Waals surface area contributed by atoms with Crippen molar-refractivity contribution in [2.45, 2.75) is 24.7 Å². The summed E-state index contributed by atoms with van der Waals surface area (Å²) in [6, 6.07) is 15.7. The molecular weight excluding hydrogens is 343 g/mol. The number of pyridine rings is 1. The van der Waals surface area contributed by atoms with Gasteiger partial charge in [-0.05, 0) is 48.4 Å². The Hall–Kier alpha value is -2.95. The molecule has 0 saturated carbocycles. The Kier molecular flexibility index (Phi) is 5.01. The zero-order chi connectivity index (χ0) is 18.6. The number of benzene rings is 1. The van der Waals surface area contributed by atoms with Crippen molar-refractivity contribution in [3.63, 3.8) is 0 Å².